The number of carboxylic acids is 1. The lowest BCUT2D eigenvalue weighted by Gasteiger charge is -2.16. The molecule has 0 fully saturated rings. The van der Waals surface area contributed by atoms with Crippen molar-refractivity contribution in [1.29, 1.82) is 0 Å². The van der Waals surface area contributed by atoms with Gasteiger partial charge in [-0.15, -0.1) is 0 Å². The van der Waals surface area contributed by atoms with E-state index in [2.05, 4.69) is 5.10 Å². The zero-order chi connectivity index (χ0) is 20.4. The lowest BCUT2D eigenvalue weighted by molar-refractivity contribution is -0.157. The number of alkyl halides is 6. The first-order chi connectivity index (χ1) is 12.4. The predicted octanol–water partition coefficient (Wildman–Crippen LogP) is 3.03. The van der Waals surface area contributed by atoms with Crippen LogP contribution in [0.1, 0.15) is 22.5 Å². The molecule has 1 unspecified atom stereocenters. The number of rotatable bonds is 5. The van der Waals surface area contributed by atoms with Crippen molar-refractivity contribution in [3.8, 4) is 5.69 Å². The zero-order valence-corrected chi connectivity index (χ0v) is 13.2. The Hall–Kier alpha value is -3.05. The SMILES string of the molecule is O=C(NC(CC(F)(F)F)C(=O)O)c1cccc(-n2ccc(C(F)(F)F)n2)c1. The Labute approximate surface area is 147 Å². The molecule has 1 heterocycles. The molecule has 146 valence electrons. The van der Waals surface area contributed by atoms with Crippen molar-refractivity contribution < 1.29 is 41.0 Å². The first kappa shape index (κ1) is 20.3. The maximum absolute atomic E-state index is 12.6. The number of carbonyl (C=O) groups excluding carboxylic acids is 1. The maximum atomic E-state index is 12.6. The standard InChI is InChI=1S/C15H11F6N3O3/c16-14(17,18)7-10(13(26)27)22-12(25)8-2-1-3-9(6-8)24-5-4-11(23-24)15(19,20)21/h1-6,10H,7H2,(H,22,25)(H,26,27). The number of carboxylic acid groups (broad SMARTS) is 1. The number of aliphatic carboxylic acids is 1. The van der Waals surface area contributed by atoms with E-state index in [4.69, 9.17) is 5.11 Å². The van der Waals surface area contributed by atoms with Gasteiger partial charge in [-0.05, 0) is 24.3 Å². The third kappa shape index (κ3) is 5.46. The van der Waals surface area contributed by atoms with Crippen LogP contribution in [-0.4, -0.2) is 39.0 Å². The Kier molecular flexibility index (Phi) is 5.47. The summed E-state index contributed by atoms with van der Waals surface area (Å²) in [7, 11) is 0. The minimum atomic E-state index is -4.82. The van der Waals surface area contributed by atoms with E-state index in [0.717, 1.165) is 16.9 Å². The molecule has 2 aromatic rings. The summed E-state index contributed by atoms with van der Waals surface area (Å²) >= 11 is 0. The van der Waals surface area contributed by atoms with E-state index < -0.39 is 42.4 Å². The molecule has 0 spiro atoms. The van der Waals surface area contributed by atoms with E-state index in [1.54, 1.807) is 5.32 Å². The molecule has 6 nitrogen and oxygen atoms in total. The Morgan fingerprint density at radius 3 is 2.33 bits per heavy atom. The quantitative estimate of drug-likeness (QED) is 0.763. The maximum Gasteiger partial charge on any atom is 0.435 e. The fraction of sp³-hybridized carbons (Fsp3) is 0.267. The minimum absolute atomic E-state index is 0.0286. The van der Waals surface area contributed by atoms with Crippen LogP contribution in [0.25, 0.3) is 5.69 Å². The summed E-state index contributed by atoms with van der Waals surface area (Å²) in [6, 6.07) is 3.31. The normalized spacial score (nSPS) is 13.3. The third-order valence-corrected chi connectivity index (χ3v) is 3.29. The third-order valence-electron chi connectivity index (χ3n) is 3.29. The molecule has 0 saturated carbocycles. The van der Waals surface area contributed by atoms with Crippen LogP contribution in [0.5, 0.6) is 0 Å². The van der Waals surface area contributed by atoms with Crippen LogP contribution in [0.3, 0.4) is 0 Å². The van der Waals surface area contributed by atoms with E-state index >= 15 is 0 Å². The van der Waals surface area contributed by atoms with E-state index in [0.29, 0.717) is 6.07 Å². The number of halogens is 6. The first-order valence-corrected chi connectivity index (χ1v) is 7.20. The Balaban J connectivity index is 2.22. The molecule has 1 atom stereocenters. The van der Waals surface area contributed by atoms with Crippen LogP contribution in [-0.2, 0) is 11.0 Å². The number of nitrogens with one attached hydrogen (secondary N) is 1. The van der Waals surface area contributed by atoms with Crippen LogP contribution in [0.2, 0.25) is 0 Å². The molecule has 12 heteroatoms. The summed E-state index contributed by atoms with van der Waals surface area (Å²) < 4.78 is 75.8. The highest BCUT2D eigenvalue weighted by Gasteiger charge is 2.36. The molecule has 1 amide bonds. The van der Waals surface area contributed by atoms with Gasteiger partial charge in [0, 0.05) is 11.8 Å². The molecule has 2 N–H and O–H groups in total. The summed E-state index contributed by atoms with van der Waals surface area (Å²) in [6.45, 7) is 0. The fourth-order valence-electron chi connectivity index (χ4n) is 2.08. The second-order valence-electron chi connectivity index (χ2n) is 5.38. The van der Waals surface area contributed by atoms with Gasteiger partial charge in [-0.1, -0.05) is 6.07 Å². The second kappa shape index (κ2) is 7.29. The molecule has 1 aromatic carbocycles. The highest BCUT2D eigenvalue weighted by molar-refractivity contribution is 5.97. The Morgan fingerprint density at radius 1 is 1.15 bits per heavy atom. The van der Waals surface area contributed by atoms with Gasteiger partial charge in [0.2, 0.25) is 0 Å². The number of hydrogen-bond acceptors (Lipinski definition) is 3. The van der Waals surface area contributed by atoms with Gasteiger partial charge >= 0.3 is 18.3 Å². The highest BCUT2D eigenvalue weighted by Crippen LogP contribution is 2.28. The van der Waals surface area contributed by atoms with Crippen molar-refractivity contribution in [3.63, 3.8) is 0 Å². The smallest absolute Gasteiger partial charge is 0.435 e. The molecule has 0 aliphatic rings. The van der Waals surface area contributed by atoms with Crippen molar-refractivity contribution >= 4 is 11.9 Å². The number of aromatic nitrogens is 2. The molecule has 27 heavy (non-hydrogen) atoms. The Morgan fingerprint density at radius 2 is 1.81 bits per heavy atom. The van der Waals surface area contributed by atoms with Gasteiger partial charge in [0.1, 0.15) is 6.04 Å². The van der Waals surface area contributed by atoms with Gasteiger partial charge in [0.15, 0.2) is 5.69 Å². The van der Waals surface area contributed by atoms with Gasteiger partial charge in [0.25, 0.3) is 5.91 Å². The van der Waals surface area contributed by atoms with E-state index in [1.807, 2.05) is 0 Å². The van der Waals surface area contributed by atoms with Crippen LogP contribution >= 0.6 is 0 Å². The topological polar surface area (TPSA) is 84.2 Å². The molecule has 2 rings (SSSR count). The van der Waals surface area contributed by atoms with Gasteiger partial charge < -0.3 is 10.4 Å². The van der Waals surface area contributed by atoms with Gasteiger partial charge in [-0.3, -0.25) is 4.79 Å². The summed E-state index contributed by atoms with van der Waals surface area (Å²) in [5.41, 5.74) is -1.39. The fourth-order valence-corrected chi connectivity index (χ4v) is 2.08. The van der Waals surface area contributed by atoms with Crippen molar-refractivity contribution in [2.45, 2.75) is 24.8 Å². The molecular formula is C15H11F6N3O3. The summed E-state index contributed by atoms with van der Waals surface area (Å²) in [5.74, 6) is -3.00. The van der Waals surface area contributed by atoms with E-state index in [9.17, 15) is 35.9 Å². The molecule has 1 aromatic heterocycles. The van der Waals surface area contributed by atoms with Crippen LogP contribution in [0, 0.1) is 0 Å². The number of hydrogen-bond donors (Lipinski definition) is 2. The average molecular weight is 395 g/mol. The zero-order valence-electron chi connectivity index (χ0n) is 13.2. The molecule has 0 saturated heterocycles. The number of benzene rings is 1. The molecule has 0 aliphatic carbocycles. The van der Waals surface area contributed by atoms with E-state index in [1.165, 1.54) is 18.2 Å². The predicted molar refractivity (Wildman–Crippen MR) is 78.1 cm³/mol. The van der Waals surface area contributed by atoms with E-state index in [-0.39, 0.29) is 11.3 Å². The first-order valence-electron chi connectivity index (χ1n) is 7.20. The largest absolute Gasteiger partial charge is 0.480 e. The van der Waals surface area contributed by atoms with Crippen LogP contribution in [0.4, 0.5) is 26.3 Å². The summed E-state index contributed by atoms with van der Waals surface area (Å²) in [4.78, 5) is 22.9. The van der Waals surface area contributed by atoms with Crippen molar-refractivity contribution in [2.24, 2.45) is 0 Å². The van der Waals surface area contributed by atoms with Crippen molar-refractivity contribution in [1.82, 2.24) is 15.1 Å². The molecule has 0 radical (unpaired) electrons. The van der Waals surface area contributed by atoms with Crippen LogP contribution in [0.15, 0.2) is 36.5 Å². The summed E-state index contributed by atoms with van der Waals surface area (Å²) in [5, 5.41) is 13.8. The van der Waals surface area contributed by atoms with Crippen molar-refractivity contribution in [3.05, 3.63) is 47.8 Å². The lowest BCUT2D eigenvalue weighted by Crippen LogP contribution is -2.43. The lowest BCUT2D eigenvalue weighted by atomic mass is 10.1. The number of nitrogens with zero attached hydrogens (tertiary/aromatic N) is 2. The van der Waals surface area contributed by atoms with Gasteiger partial charge in [0.05, 0.1) is 12.1 Å². The van der Waals surface area contributed by atoms with Gasteiger partial charge in [-0.25, -0.2) is 9.48 Å². The summed E-state index contributed by atoms with van der Waals surface area (Å²) in [6.07, 6.45) is -10.3. The monoisotopic (exact) mass is 395 g/mol. The van der Waals surface area contributed by atoms with Crippen molar-refractivity contribution in [2.75, 3.05) is 0 Å². The molecular weight excluding hydrogens is 384 g/mol. The minimum Gasteiger partial charge on any atom is -0.480 e. The van der Waals surface area contributed by atoms with Crippen LogP contribution < -0.4 is 5.32 Å². The van der Waals surface area contributed by atoms with Gasteiger partial charge in [-0.2, -0.15) is 31.4 Å². The number of carbonyl (C=O) groups is 2. The average Bonchev–Trinajstić information content (AvgIpc) is 3.03. The number of amides is 1. The second-order valence-corrected chi connectivity index (χ2v) is 5.38. The Bertz CT molecular complexity index is 844. The highest BCUT2D eigenvalue weighted by atomic mass is 19.4. The molecule has 0 bridgehead atoms. The molecule has 0 aliphatic heterocycles.